The lowest BCUT2D eigenvalue weighted by molar-refractivity contribution is 0.466. The van der Waals surface area contributed by atoms with Crippen molar-refractivity contribution >= 4 is 0 Å². The molecule has 1 fully saturated rings. The topological polar surface area (TPSA) is 20.2 Å². The van der Waals surface area contributed by atoms with E-state index in [4.69, 9.17) is 0 Å². The number of phenols is 1. The molecule has 0 aliphatic heterocycles. The molecule has 0 aromatic heterocycles. The van der Waals surface area contributed by atoms with E-state index in [1.165, 1.54) is 24.0 Å². The van der Waals surface area contributed by atoms with E-state index in [0.29, 0.717) is 17.6 Å². The second-order valence-electron chi connectivity index (χ2n) is 4.21. The first kappa shape index (κ1) is 8.61. The van der Waals surface area contributed by atoms with Crippen molar-refractivity contribution in [2.45, 2.75) is 38.5 Å². The molecule has 1 aliphatic carbocycles. The maximum Gasteiger partial charge on any atom is 0.119 e. The lowest BCUT2D eigenvalue weighted by atomic mass is 9.94. The van der Waals surface area contributed by atoms with Crippen LogP contribution in [0.4, 0.5) is 0 Å². The monoisotopic (exact) mass is 176 g/mol. The van der Waals surface area contributed by atoms with Crippen molar-refractivity contribution in [2.24, 2.45) is 0 Å². The zero-order valence-corrected chi connectivity index (χ0v) is 8.25. The van der Waals surface area contributed by atoms with Crippen LogP contribution in [0.15, 0.2) is 18.2 Å². The van der Waals surface area contributed by atoms with Crippen molar-refractivity contribution in [3.8, 4) is 5.75 Å². The third-order valence-electron chi connectivity index (χ3n) is 2.72. The summed E-state index contributed by atoms with van der Waals surface area (Å²) in [5.41, 5.74) is 2.53. The average molecular weight is 176 g/mol. The molecule has 70 valence electrons. The third kappa shape index (κ3) is 1.55. The lowest BCUT2D eigenvalue weighted by Gasteiger charge is -2.13. The van der Waals surface area contributed by atoms with Crippen molar-refractivity contribution in [1.29, 1.82) is 0 Å². The van der Waals surface area contributed by atoms with Gasteiger partial charge in [0, 0.05) is 5.56 Å². The highest BCUT2D eigenvalue weighted by atomic mass is 16.3. The zero-order valence-electron chi connectivity index (χ0n) is 8.25. The SMILES string of the molecule is CC(C)c1cccc(O)c1C1CC1. The minimum Gasteiger partial charge on any atom is -0.508 e. The molecule has 0 saturated heterocycles. The van der Waals surface area contributed by atoms with Crippen LogP contribution in [0, 0.1) is 0 Å². The lowest BCUT2D eigenvalue weighted by Crippen LogP contribution is -1.94. The van der Waals surface area contributed by atoms with E-state index in [-0.39, 0.29) is 0 Å². The van der Waals surface area contributed by atoms with Gasteiger partial charge in [-0.3, -0.25) is 0 Å². The molecule has 0 bridgehead atoms. The number of phenolic OH excluding ortho intramolecular Hbond substituents is 1. The Bertz CT molecular complexity index is 311. The molecule has 0 unspecified atom stereocenters. The van der Waals surface area contributed by atoms with Gasteiger partial charge in [0.2, 0.25) is 0 Å². The third-order valence-corrected chi connectivity index (χ3v) is 2.72. The van der Waals surface area contributed by atoms with E-state index < -0.39 is 0 Å². The average Bonchev–Trinajstić information content (AvgIpc) is 2.86. The van der Waals surface area contributed by atoms with Gasteiger partial charge in [-0.15, -0.1) is 0 Å². The molecule has 0 amide bonds. The maximum atomic E-state index is 9.75. The van der Waals surface area contributed by atoms with Gasteiger partial charge >= 0.3 is 0 Å². The van der Waals surface area contributed by atoms with E-state index in [0.717, 1.165) is 0 Å². The summed E-state index contributed by atoms with van der Waals surface area (Å²) in [7, 11) is 0. The van der Waals surface area contributed by atoms with E-state index in [2.05, 4.69) is 19.9 Å². The molecule has 0 heterocycles. The quantitative estimate of drug-likeness (QED) is 0.732. The summed E-state index contributed by atoms with van der Waals surface area (Å²) < 4.78 is 0. The van der Waals surface area contributed by atoms with Gasteiger partial charge in [0.05, 0.1) is 0 Å². The van der Waals surface area contributed by atoms with Gasteiger partial charge in [0.1, 0.15) is 5.75 Å². The highest BCUT2D eigenvalue weighted by molar-refractivity contribution is 5.45. The number of rotatable bonds is 2. The highest BCUT2D eigenvalue weighted by Crippen LogP contribution is 2.47. The molecule has 1 nitrogen and oxygen atoms in total. The Kier molecular flexibility index (Phi) is 2.03. The predicted molar refractivity (Wildman–Crippen MR) is 54.2 cm³/mol. The fraction of sp³-hybridized carbons (Fsp3) is 0.500. The van der Waals surface area contributed by atoms with Gasteiger partial charge in [-0.25, -0.2) is 0 Å². The van der Waals surface area contributed by atoms with Crippen molar-refractivity contribution in [1.82, 2.24) is 0 Å². The van der Waals surface area contributed by atoms with Crippen LogP contribution in [0.3, 0.4) is 0 Å². The first-order chi connectivity index (χ1) is 6.20. The molecule has 1 saturated carbocycles. The standard InChI is InChI=1S/C12H16O/c1-8(2)10-4-3-5-11(13)12(10)9-6-7-9/h3-5,8-9,13H,6-7H2,1-2H3. The van der Waals surface area contributed by atoms with Crippen LogP contribution in [-0.2, 0) is 0 Å². The molecule has 13 heavy (non-hydrogen) atoms. The molecule has 0 radical (unpaired) electrons. The van der Waals surface area contributed by atoms with Gasteiger partial charge in [0.15, 0.2) is 0 Å². The normalized spacial score (nSPS) is 16.5. The van der Waals surface area contributed by atoms with E-state index >= 15 is 0 Å². The molecule has 0 spiro atoms. The van der Waals surface area contributed by atoms with E-state index in [1.54, 1.807) is 6.07 Å². The van der Waals surface area contributed by atoms with Gasteiger partial charge in [-0.05, 0) is 36.3 Å². The van der Waals surface area contributed by atoms with Gasteiger partial charge < -0.3 is 5.11 Å². The van der Waals surface area contributed by atoms with Crippen LogP contribution < -0.4 is 0 Å². The summed E-state index contributed by atoms with van der Waals surface area (Å²) in [5, 5.41) is 9.75. The summed E-state index contributed by atoms with van der Waals surface area (Å²) in [6.45, 7) is 4.36. The van der Waals surface area contributed by atoms with Crippen LogP contribution in [-0.4, -0.2) is 5.11 Å². The Balaban J connectivity index is 2.47. The number of benzene rings is 1. The Labute approximate surface area is 79.4 Å². The molecule has 1 N–H and O–H groups in total. The first-order valence-corrected chi connectivity index (χ1v) is 5.02. The van der Waals surface area contributed by atoms with Crippen LogP contribution in [0.1, 0.15) is 49.7 Å². The molecule has 1 aliphatic rings. The fourth-order valence-corrected chi connectivity index (χ4v) is 1.89. The van der Waals surface area contributed by atoms with Crippen LogP contribution in [0.2, 0.25) is 0 Å². The molecule has 2 rings (SSSR count). The minimum absolute atomic E-state index is 0.494. The number of hydrogen-bond donors (Lipinski definition) is 1. The van der Waals surface area contributed by atoms with Gasteiger partial charge in [0.25, 0.3) is 0 Å². The summed E-state index contributed by atoms with van der Waals surface area (Å²) in [4.78, 5) is 0. The second kappa shape index (κ2) is 3.06. The van der Waals surface area contributed by atoms with Crippen LogP contribution in [0.5, 0.6) is 5.75 Å². The van der Waals surface area contributed by atoms with Gasteiger partial charge in [-0.1, -0.05) is 26.0 Å². The Morgan fingerprint density at radius 2 is 2.00 bits per heavy atom. The van der Waals surface area contributed by atoms with Crippen molar-refractivity contribution in [3.05, 3.63) is 29.3 Å². The first-order valence-electron chi connectivity index (χ1n) is 5.02. The number of aromatic hydroxyl groups is 1. The molecular weight excluding hydrogens is 160 g/mol. The number of hydrogen-bond acceptors (Lipinski definition) is 1. The Morgan fingerprint density at radius 3 is 2.54 bits per heavy atom. The Hall–Kier alpha value is -0.980. The van der Waals surface area contributed by atoms with Crippen LogP contribution in [0.25, 0.3) is 0 Å². The molecule has 0 atom stereocenters. The summed E-state index contributed by atoms with van der Waals surface area (Å²) >= 11 is 0. The largest absolute Gasteiger partial charge is 0.508 e. The zero-order chi connectivity index (χ0) is 9.42. The molecule has 1 aromatic carbocycles. The fourth-order valence-electron chi connectivity index (χ4n) is 1.89. The molecule has 1 heteroatoms. The smallest absolute Gasteiger partial charge is 0.119 e. The summed E-state index contributed by atoms with van der Waals surface area (Å²) in [5.74, 6) is 1.65. The molecular formula is C12H16O. The highest BCUT2D eigenvalue weighted by Gasteiger charge is 2.29. The van der Waals surface area contributed by atoms with E-state index in [1.807, 2.05) is 6.07 Å². The second-order valence-corrected chi connectivity index (χ2v) is 4.21. The van der Waals surface area contributed by atoms with Crippen LogP contribution >= 0.6 is 0 Å². The summed E-state index contributed by atoms with van der Waals surface area (Å²) in [6.07, 6.45) is 2.49. The summed E-state index contributed by atoms with van der Waals surface area (Å²) in [6, 6.07) is 5.88. The predicted octanol–water partition coefficient (Wildman–Crippen LogP) is 3.39. The van der Waals surface area contributed by atoms with Crippen molar-refractivity contribution in [2.75, 3.05) is 0 Å². The van der Waals surface area contributed by atoms with Crippen molar-refractivity contribution in [3.63, 3.8) is 0 Å². The van der Waals surface area contributed by atoms with Crippen molar-refractivity contribution < 1.29 is 5.11 Å². The van der Waals surface area contributed by atoms with E-state index in [9.17, 15) is 5.11 Å². The maximum absolute atomic E-state index is 9.75. The Morgan fingerprint density at radius 1 is 1.31 bits per heavy atom. The minimum atomic E-state index is 0.494. The van der Waals surface area contributed by atoms with Gasteiger partial charge in [-0.2, -0.15) is 0 Å². The molecule has 1 aromatic rings.